The van der Waals surface area contributed by atoms with Gasteiger partial charge < -0.3 is 4.74 Å². The van der Waals surface area contributed by atoms with Crippen LogP contribution in [0.5, 0.6) is 5.75 Å². The molecule has 1 aromatic carbocycles. The van der Waals surface area contributed by atoms with E-state index in [0.717, 1.165) is 0 Å². The van der Waals surface area contributed by atoms with Crippen molar-refractivity contribution in [1.29, 1.82) is 0 Å². The van der Waals surface area contributed by atoms with Crippen LogP contribution in [0.4, 0.5) is 13.2 Å². The van der Waals surface area contributed by atoms with Gasteiger partial charge in [0.2, 0.25) is 0 Å². The molecule has 0 amide bonds. The molecule has 6 heteroatoms. The van der Waals surface area contributed by atoms with Crippen LogP contribution in [0, 0.1) is 0 Å². The van der Waals surface area contributed by atoms with Gasteiger partial charge in [-0.15, -0.1) is 0 Å². The number of alkyl halides is 4. The first-order valence-corrected chi connectivity index (χ1v) is 5.92. The zero-order valence-electron chi connectivity index (χ0n) is 7.44. The first-order chi connectivity index (χ1) is 6.96. The molecule has 0 aromatic heterocycles. The highest BCUT2D eigenvalue weighted by Gasteiger charge is 2.36. The van der Waals surface area contributed by atoms with Crippen LogP contribution >= 0.6 is 31.9 Å². The van der Waals surface area contributed by atoms with Crippen molar-refractivity contribution in [3.63, 3.8) is 0 Å². The summed E-state index contributed by atoms with van der Waals surface area (Å²) in [5.74, 6) is -0.156. The minimum atomic E-state index is -4.41. The molecule has 1 rings (SSSR count). The van der Waals surface area contributed by atoms with Crippen LogP contribution in [0.15, 0.2) is 22.7 Å². The summed E-state index contributed by atoms with van der Waals surface area (Å²) >= 11 is 5.95. The Morgan fingerprint density at radius 2 is 1.93 bits per heavy atom. The maximum atomic E-state index is 12.6. The Labute approximate surface area is 102 Å². The van der Waals surface area contributed by atoms with E-state index in [9.17, 15) is 13.2 Å². The molecule has 0 radical (unpaired) electrons. The lowest BCUT2D eigenvalue weighted by molar-refractivity contribution is -0.139. The minimum absolute atomic E-state index is 0.0120. The fraction of sp³-hybridized carbons (Fsp3) is 0.333. The number of hydrogen-bond donors (Lipinski definition) is 0. The molecule has 0 fully saturated rings. The van der Waals surface area contributed by atoms with Crippen molar-refractivity contribution in [2.45, 2.75) is 6.18 Å². The third-order valence-electron chi connectivity index (χ3n) is 1.59. The van der Waals surface area contributed by atoms with Gasteiger partial charge in [0.25, 0.3) is 0 Å². The van der Waals surface area contributed by atoms with Crippen LogP contribution < -0.4 is 4.74 Å². The summed E-state index contributed by atoms with van der Waals surface area (Å²) in [5, 5.41) is 0.483. The highest BCUT2D eigenvalue weighted by molar-refractivity contribution is 9.10. The van der Waals surface area contributed by atoms with Crippen molar-refractivity contribution >= 4 is 31.9 Å². The third kappa shape index (κ3) is 3.38. The zero-order valence-corrected chi connectivity index (χ0v) is 10.6. The largest absolute Gasteiger partial charge is 0.492 e. The summed E-state index contributed by atoms with van der Waals surface area (Å²) in [7, 11) is 0. The van der Waals surface area contributed by atoms with Gasteiger partial charge in [-0.25, -0.2) is 0 Å². The quantitative estimate of drug-likeness (QED) is 0.743. The summed E-state index contributed by atoms with van der Waals surface area (Å²) in [5.41, 5.74) is -0.772. The van der Waals surface area contributed by atoms with Gasteiger partial charge in [0.1, 0.15) is 11.3 Å². The van der Waals surface area contributed by atoms with Crippen LogP contribution in [0.25, 0.3) is 0 Å². The van der Waals surface area contributed by atoms with Gasteiger partial charge in [-0.3, -0.25) is 0 Å². The summed E-state index contributed by atoms with van der Waals surface area (Å²) < 4.78 is 42.8. The molecule has 15 heavy (non-hydrogen) atoms. The molecule has 1 nitrogen and oxygen atoms in total. The molecule has 84 valence electrons. The van der Waals surface area contributed by atoms with Gasteiger partial charge in [0.05, 0.1) is 6.61 Å². The molecular weight excluding hydrogens is 341 g/mol. The van der Waals surface area contributed by atoms with Gasteiger partial charge in [-0.1, -0.05) is 37.9 Å². The Hall–Kier alpha value is -0.230. The normalized spacial score (nSPS) is 11.5. The smallest absolute Gasteiger partial charge is 0.421 e. The Balaban J connectivity index is 3.09. The fourth-order valence-electron chi connectivity index (χ4n) is 1.05. The Bertz CT molecular complexity index is 339. The molecule has 0 unspecified atom stereocenters. The average Bonchev–Trinajstić information content (AvgIpc) is 2.12. The SMILES string of the molecule is FC(F)(F)c1c(Br)cccc1OCCBr. The van der Waals surface area contributed by atoms with Gasteiger partial charge in [0, 0.05) is 9.80 Å². The van der Waals surface area contributed by atoms with Crippen molar-refractivity contribution in [3.8, 4) is 5.75 Å². The van der Waals surface area contributed by atoms with E-state index >= 15 is 0 Å². The first kappa shape index (κ1) is 12.8. The fourth-order valence-corrected chi connectivity index (χ4v) is 1.78. The van der Waals surface area contributed by atoms with Crippen LogP contribution in [0.1, 0.15) is 5.56 Å². The second-order valence-corrected chi connectivity index (χ2v) is 4.30. The van der Waals surface area contributed by atoms with Crippen molar-refractivity contribution in [2.75, 3.05) is 11.9 Å². The van der Waals surface area contributed by atoms with Gasteiger partial charge in [0.15, 0.2) is 0 Å². The van der Waals surface area contributed by atoms with Crippen molar-refractivity contribution in [3.05, 3.63) is 28.2 Å². The third-order valence-corrected chi connectivity index (χ3v) is 2.58. The van der Waals surface area contributed by atoms with E-state index in [2.05, 4.69) is 31.9 Å². The van der Waals surface area contributed by atoms with Gasteiger partial charge in [-0.05, 0) is 12.1 Å². The van der Waals surface area contributed by atoms with E-state index in [1.54, 1.807) is 0 Å². The number of halogens is 5. The summed E-state index contributed by atoms with van der Waals surface area (Å²) in [6.07, 6.45) is -4.41. The number of benzene rings is 1. The predicted molar refractivity (Wildman–Crippen MR) is 58.4 cm³/mol. The first-order valence-electron chi connectivity index (χ1n) is 4.01. The molecule has 0 aliphatic carbocycles. The van der Waals surface area contributed by atoms with E-state index in [0.29, 0.717) is 5.33 Å². The number of hydrogen-bond acceptors (Lipinski definition) is 1. The maximum Gasteiger partial charge on any atom is 0.421 e. The molecule has 1 aromatic rings. The van der Waals surface area contributed by atoms with Gasteiger partial charge in [-0.2, -0.15) is 13.2 Å². The van der Waals surface area contributed by atoms with E-state index in [1.807, 2.05) is 0 Å². The molecule has 0 aliphatic rings. The van der Waals surface area contributed by atoms with Crippen LogP contribution in [-0.4, -0.2) is 11.9 Å². The van der Waals surface area contributed by atoms with Crippen molar-refractivity contribution in [2.24, 2.45) is 0 Å². The van der Waals surface area contributed by atoms with E-state index in [1.165, 1.54) is 18.2 Å². The van der Waals surface area contributed by atoms with E-state index < -0.39 is 11.7 Å². The molecule has 0 saturated carbocycles. The molecule has 0 atom stereocenters. The molecular formula is C9H7Br2F3O. The lowest BCUT2D eigenvalue weighted by Crippen LogP contribution is -2.10. The Morgan fingerprint density at radius 3 is 2.47 bits per heavy atom. The van der Waals surface area contributed by atoms with Crippen LogP contribution in [0.2, 0.25) is 0 Å². The lowest BCUT2D eigenvalue weighted by atomic mass is 10.2. The topological polar surface area (TPSA) is 9.23 Å². The van der Waals surface area contributed by atoms with E-state index in [-0.39, 0.29) is 16.8 Å². The lowest BCUT2D eigenvalue weighted by Gasteiger charge is -2.14. The number of rotatable bonds is 3. The molecule has 0 bridgehead atoms. The Morgan fingerprint density at radius 1 is 1.27 bits per heavy atom. The van der Waals surface area contributed by atoms with Crippen molar-refractivity contribution < 1.29 is 17.9 Å². The Kier molecular flexibility index (Phi) is 4.45. The molecule has 0 heterocycles. The molecule has 0 saturated heterocycles. The minimum Gasteiger partial charge on any atom is -0.492 e. The highest BCUT2D eigenvalue weighted by Crippen LogP contribution is 2.40. The summed E-state index contributed by atoms with van der Waals surface area (Å²) in [6, 6.07) is 4.14. The van der Waals surface area contributed by atoms with Crippen LogP contribution in [-0.2, 0) is 6.18 Å². The second kappa shape index (κ2) is 5.21. The summed E-state index contributed by atoms with van der Waals surface area (Å²) in [6.45, 7) is 0.194. The average molecular weight is 348 g/mol. The summed E-state index contributed by atoms with van der Waals surface area (Å²) in [4.78, 5) is 0. The monoisotopic (exact) mass is 346 g/mol. The van der Waals surface area contributed by atoms with E-state index in [4.69, 9.17) is 4.74 Å². The standard InChI is InChI=1S/C9H7Br2F3O/c10-4-5-15-7-3-1-2-6(11)8(7)9(12,13)14/h1-3H,4-5H2. The number of ether oxygens (including phenoxy) is 1. The van der Waals surface area contributed by atoms with Gasteiger partial charge >= 0.3 is 6.18 Å². The molecule has 0 aliphatic heterocycles. The maximum absolute atomic E-state index is 12.6. The molecule has 0 N–H and O–H groups in total. The second-order valence-electron chi connectivity index (χ2n) is 2.65. The highest BCUT2D eigenvalue weighted by atomic mass is 79.9. The van der Waals surface area contributed by atoms with Crippen LogP contribution in [0.3, 0.4) is 0 Å². The zero-order chi connectivity index (χ0) is 11.5. The molecule has 0 spiro atoms. The van der Waals surface area contributed by atoms with Crippen molar-refractivity contribution in [1.82, 2.24) is 0 Å². The predicted octanol–water partition coefficient (Wildman–Crippen LogP) is 4.24.